The molecule has 2 aromatic carbocycles. The number of nitrogens with one attached hydrogen (secondary N) is 2. The van der Waals surface area contributed by atoms with Crippen LogP contribution in [0.25, 0.3) is 10.9 Å². The molecule has 8 heteroatoms. The van der Waals surface area contributed by atoms with Gasteiger partial charge in [0, 0.05) is 16.6 Å². The van der Waals surface area contributed by atoms with Crippen LogP contribution in [-0.4, -0.2) is 25.9 Å². The maximum absolute atomic E-state index is 12.5. The summed E-state index contributed by atoms with van der Waals surface area (Å²) in [4.78, 5) is 27.9. The Labute approximate surface area is 167 Å². The normalized spacial score (nSPS) is 10.8. The van der Waals surface area contributed by atoms with Crippen molar-refractivity contribution < 1.29 is 9.53 Å². The number of esters is 1. The molecule has 0 saturated heterocycles. The van der Waals surface area contributed by atoms with E-state index in [1.54, 1.807) is 6.07 Å². The molecule has 2 aromatic heterocycles. The molecule has 8 nitrogen and oxygen atoms in total. The summed E-state index contributed by atoms with van der Waals surface area (Å²) in [7, 11) is 0. The number of benzene rings is 2. The van der Waals surface area contributed by atoms with E-state index in [0.717, 1.165) is 27.7 Å². The Hall–Kier alpha value is -3.94. The van der Waals surface area contributed by atoms with Crippen molar-refractivity contribution in [2.45, 2.75) is 20.5 Å². The summed E-state index contributed by atoms with van der Waals surface area (Å²) >= 11 is 0. The lowest BCUT2D eigenvalue weighted by atomic mass is 10.1. The molecular weight excluding hydrogens is 368 g/mol. The van der Waals surface area contributed by atoms with Crippen molar-refractivity contribution in [1.82, 2.24) is 19.9 Å². The zero-order valence-corrected chi connectivity index (χ0v) is 16.1. The van der Waals surface area contributed by atoms with Gasteiger partial charge in [-0.25, -0.2) is 4.79 Å². The summed E-state index contributed by atoms with van der Waals surface area (Å²) in [6.45, 7) is 3.90. The largest absolute Gasteiger partial charge is 0.453 e. The first-order valence-corrected chi connectivity index (χ1v) is 9.07. The second-order valence-electron chi connectivity index (χ2n) is 6.73. The summed E-state index contributed by atoms with van der Waals surface area (Å²) in [5.74, 6) is 0.0925. The van der Waals surface area contributed by atoms with E-state index in [1.807, 2.05) is 50.2 Å². The van der Waals surface area contributed by atoms with Crippen LogP contribution < -0.4 is 11.1 Å². The third-order valence-electron chi connectivity index (χ3n) is 4.37. The molecule has 4 N–H and O–H groups in total. The molecule has 29 heavy (non-hydrogen) atoms. The van der Waals surface area contributed by atoms with Crippen molar-refractivity contribution in [3.63, 3.8) is 0 Å². The first-order valence-electron chi connectivity index (χ1n) is 9.07. The van der Waals surface area contributed by atoms with E-state index in [0.29, 0.717) is 5.69 Å². The molecule has 0 aliphatic heterocycles. The number of anilines is 3. The number of aryl methyl sites for hydroxylation is 2. The van der Waals surface area contributed by atoms with E-state index in [2.05, 4.69) is 31.3 Å². The molecule has 0 spiro atoms. The number of H-pyrrole nitrogens is 1. The number of aromatic amines is 1. The van der Waals surface area contributed by atoms with E-state index in [9.17, 15) is 4.79 Å². The number of para-hydroxylation sites is 1. The topological polar surface area (TPSA) is 119 Å². The molecule has 0 aliphatic carbocycles. The van der Waals surface area contributed by atoms with E-state index in [1.165, 1.54) is 0 Å². The van der Waals surface area contributed by atoms with Crippen molar-refractivity contribution in [2.24, 2.45) is 0 Å². The Balaban J connectivity index is 1.48. The number of nitrogen functional groups attached to an aromatic ring is 1. The summed E-state index contributed by atoms with van der Waals surface area (Å²) in [6, 6.07) is 15.3. The first-order chi connectivity index (χ1) is 14.0. The van der Waals surface area contributed by atoms with Crippen molar-refractivity contribution in [1.29, 1.82) is 0 Å². The fraction of sp³-hybridized carbons (Fsp3) is 0.143. The number of carbonyl (C=O) groups is 1. The van der Waals surface area contributed by atoms with Gasteiger partial charge in [-0.1, -0.05) is 24.3 Å². The predicted octanol–water partition coefficient (Wildman–Crippen LogP) is 3.65. The molecule has 146 valence electrons. The van der Waals surface area contributed by atoms with Crippen molar-refractivity contribution in [3.8, 4) is 0 Å². The van der Waals surface area contributed by atoms with Gasteiger partial charge >= 0.3 is 5.97 Å². The van der Waals surface area contributed by atoms with Gasteiger partial charge < -0.3 is 20.8 Å². The van der Waals surface area contributed by atoms with Gasteiger partial charge in [0.2, 0.25) is 11.9 Å². The lowest BCUT2D eigenvalue weighted by molar-refractivity contribution is 0.0456. The van der Waals surface area contributed by atoms with E-state index < -0.39 is 5.97 Å². The van der Waals surface area contributed by atoms with E-state index in [-0.39, 0.29) is 24.3 Å². The van der Waals surface area contributed by atoms with Gasteiger partial charge in [0.15, 0.2) is 12.4 Å². The van der Waals surface area contributed by atoms with Crippen LogP contribution in [0.4, 0.5) is 17.6 Å². The van der Waals surface area contributed by atoms with Crippen LogP contribution in [0.3, 0.4) is 0 Å². The Kier molecular flexibility index (Phi) is 4.82. The third kappa shape index (κ3) is 4.16. The molecule has 4 aromatic rings. The average Bonchev–Trinajstić information content (AvgIpc) is 3.11. The SMILES string of the molecule is Cc1cc(C)c2cc(C(=O)OCc3nc(N)nc(Nc4ccccc4)n3)[nH]c2c1. The first kappa shape index (κ1) is 18.4. The monoisotopic (exact) mass is 388 g/mol. The average molecular weight is 388 g/mol. The van der Waals surface area contributed by atoms with Crippen LogP contribution >= 0.6 is 0 Å². The number of rotatable bonds is 5. The van der Waals surface area contributed by atoms with Gasteiger partial charge in [-0.3, -0.25) is 0 Å². The van der Waals surface area contributed by atoms with Gasteiger partial charge in [-0.2, -0.15) is 15.0 Å². The smallest absolute Gasteiger partial charge is 0.355 e. The van der Waals surface area contributed by atoms with Crippen LogP contribution in [0.2, 0.25) is 0 Å². The number of carbonyl (C=O) groups excluding carboxylic acids is 1. The van der Waals surface area contributed by atoms with E-state index >= 15 is 0 Å². The number of nitrogens with two attached hydrogens (primary N) is 1. The Morgan fingerprint density at radius 2 is 1.90 bits per heavy atom. The van der Waals surface area contributed by atoms with Gasteiger partial charge in [-0.05, 0) is 49.2 Å². The van der Waals surface area contributed by atoms with Gasteiger partial charge in [0.1, 0.15) is 5.69 Å². The molecule has 0 radical (unpaired) electrons. The number of hydrogen-bond donors (Lipinski definition) is 3. The molecule has 0 aliphatic rings. The fourth-order valence-electron chi connectivity index (χ4n) is 3.13. The molecule has 0 fully saturated rings. The maximum atomic E-state index is 12.5. The molecule has 4 rings (SSSR count). The molecule has 0 saturated carbocycles. The molecule has 0 atom stereocenters. The zero-order valence-electron chi connectivity index (χ0n) is 16.1. The number of aromatic nitrogens is 4. The minimum Gasteiger partial charge on any atom is -0.453 e. The van der Waals surface area contributed by atoms with Crippen LogP contribution in [0.5, 0.6) is 0 Å². The molecule has 0 amide bonds. The third-order valence-corrected chi connectivity index (χ3v) is 4.37. The summed E-state index contributed by atoms with van der Waals surface area (Å²) in [5.41, 5.74) is 10.1. The minimum absolute atomic E-state index is 0.0428. The van der Waals surface area contributed by atoms with E-state index in [4.69, 9.17) is 10.5 Å². The Morgan fingerprint density at radius 1 is 1.10 bits per heavy atom. The number of nitrogens with zero attached hydrogens (tertiary/aromatic N) is 3. The standard InChI is InChI=1S/C21H20N6O2/c1-12-8-13(2)15-10-17(24-16(15)9-12)19(28)29-11-18-25-20(22)27-21(26-18)23-14-6-4-3-5-7-14/h3-10,24H,11H2,1-2H3,(H3,22,23,25,26,27). The molecule has 0 unspecified atom stereocenters. The Morgan fingerprint density at radius 3 is 2.69 bits per heavy atom. The van der Waals surface area contributed by atoms with Crippen molar-refractivity contribution in [2.75, 3.05) is 11.1 Å². The summed E-state index contributed by atoms with van der Waals surface area (Å²) < 4.78 is 5.37. The predicted molar refractivity (Wildman–Crippen MR) is 111 cm³/mol. The second kappa shape index (κ2) is 7.59. The quantitative estimate of drug-likeness (QED) is 0.446. The zero-order chi connectivity index (χ0) is 20.4. The second-order valence-corrected chi connectivity index (χ2v) is 6.73. The molecular formula is C21H20N6O2. The maximum Gasteiger partial charge on any atom is 0.355 e. The van der Waals surface area contributed by atoms with Gasteiger partial charge in [-0.15, -0.1) is 0 Å². The highest BCUT2D eigenvalue weighted by Crippen LogP contribution is 2.22. The van der Waals surface area contributed by atoms with Gasteiger partial charge in [0.05, 0.1) is 0 Å². The fourth-order valence-corrected chi connectivity index (χ4v) is 3.13. The lowest BCUT2D eigenvalue weighted by Gasteiger charge is -2.07. The highest BCUT2D eigenvalue weighted by atomic mass is 16.5. The highest BCUT2D eigenvalue weighted by Gasteiger charge is 2.14. The van der Waals surface area contributed by atoms with Crippen molar-refractivity contribution in [3.05, 3.63) is 71.2 Å². The van der Waals surface area contributed by atoms with Crippen molar-refractivity contribution >= 4 is 34.5 Å². The molecule has 0 bridgehead atoms. The Bertz CT molecular complexity index is 1190. The molecule has 2 heterocycles. The van der Waals surface area contributed by atoms with Crippen LogP contribution in [0.1, 0.15) is 27.4 Å². The summed E-state index contributed by atoms with van der Waals surface area (Å²) in [5, 5.41) is 4.03. The lowest BCUT2D eigenvalue weighted by Crippen LogP contribution is -2.11. The number of fused-ring (bicyclic) bond motifs is 1. The van der Waals surface area contributed by atoms with Crippen LogP contribution in [0, 0.1) is 13.8 Å². The minimum atomic E-state index is -0.491. The summed E-state index contributed by atoms with van der Waals surface area (Å²) in [6.07, 6.45) is 0. The number of ether oxygens (including phenoxy) is 1. The number of hydrogen-bond acceptors (Lipinski definition) is 7. The van der Waals surface area contributed by atoms with Gasteiger partial charge in [0.25, 0.3) is 0 Å². The van der Waals surface area contributed by atoms with Crippen LogP contribution in [0.15, 0.2) is 48.5 Å². The highest BCUT2D eigenvalue weighted by molar-refractivity contribution is 5.96. The van der Waals surface area contributed by atoms with Crippen LogP contribution in [-0.2, 0) is 11.3 Å².